The van der Waals surface area contributed by atoms with Gasteiger partial charge in [0.1, 0.15) is 17.0 Å². The largest absolute Gasteiger partial charge is 0.456 e. The summed E-state index contributed by atoms with van der Waals surface area (Å²) < 4.78 is 6.29. The zero-order valence-corrected chi connectivity index (χ0v) is 25.9. The van der Waals surface area contributed by atoms with Crippen molar-refractivity contribution in [2.75, 3.05) is 0 Å². The topological polar surface area (TPSA) is 75.4 Å². The van der Waals surface area contributed by atoms with Crippen LogP contribution < -0.4 is 5.73 Å². The van der Waals surface area contributed by atoms with Crippen molar-refractivity contribution >= 4 is 65.9 Å². The number of benzene rings is 8. The third-order valence-electron chi connectivity index (χ3n) is 9.35. The predicted molar refractivity (Wildman–Crippen MR) is 201 cm³/mol. The molecule has 8 aromatic carbocycles. The van der Waals surface area contributed by atoms with Crippen molar-refractivity contribution in [2.24, 2.45) is 10.7 Å². The van der Waals surface area contributed by atoms with Gasteiger partial charge in [0.05, 0.1) is 0 Å². The molecule has 0 spiro atoms. The maximum Gasteiger partial charge on any atom is 0.154 e. The SMILES string of the molecule is N=C(N=C(N)c1cccc2oc3ccc(-c4ccc5c6ccccc6c6ccccc6c5c4)cc3c12)c1ccc(-c2ccccc2)cc1. The van der Waals surface area contributed by atoms with Gasteiger partial charge in [-0.3, -0.25) is 5.41 Å². The highest BCUT2D eigenvalue weighted by atomic mass is 16.3. The molecule has 4 heteroatoms. The maximum absolute atomic E-state index is 8.75. The molecule has 0 atom stereocenters. The molecule has 4 nitrogen and oxygen atoms in total. The van der Waals surface area contributed by atoms with Crippen LogP contribution in [0.1, 0.15) is 11.1 Å². The summed E-state index contributed by atoms with van der Waals surface area (Å²) in [4.78, 5) is 4.56. The van der Waals surface area contributed by atoms with Gasteiger partial charge in [0.2, 0.25) is 0 Å². The highest BCUT2D eigenvalue weighted by molar-refractivity contribution is 6.26. The summed E-state index contributed by atoms with van der Waals surface area (Å²) in [6.45, 7) is 0. The average molecular weight is 616 g/mol. The number of furan rings is 1. The summed E-state index contributed by atoms with van der Waals surface area (Å²) in [5.41, 5.74) is 14.0. The van der Waals surface area contributed by atoms with Crippen LogP contribution in [0, 0.1) is 5.41 Å². The lowest BCUT2D eigenvalue weighted by Crippen LogP contribution is -2.16. The zero-order chi connectivity index (χ0) is 32.2. The Bertz CT molecular complexity index is 2700. The number of hydrogen-bond acceptors (Lipinski definition) is 2. The quantitative estimate of drug-likeness (QED) is 0.117. The van der Waals surface area contributed by atoms with Crippen molar-refractivity contribution in [1.29, 1.82) is 5.41 Å². The number of hydrogen-bond donors (Lipinski definition) is 2. The number of nitrogens with two attached hydrogens (primary N) is 1. The minimum absolute atomic E-state index is 0.105. The molecule has 0 aliphatic rings. The van der Waals surface area contributed by atoms with Crippen molar-refractivity contribution in [2.45, 2.75) is 0 Å². The fourth-order valence-corrected chi connectivity index (χ4v) is 7.00. The van der Waals surface area contributed by atoms with Gasteiger partial charge in [-0.1, -0.05) is 133 Å². The third-order valence-corrected chi connectivity index (χ3v) is 9.35. The molecule has 0 radical (unpaired) electrons. The predicted octanol–water partition coefficient (Wildman–Crippen LogP) is 11.1. The first-order valence-electron chi connectivity index (χ1n) is 16.0. The summed E-state index contributed by atoms with van der Waals surface area (Å²) in [6, 6.07) is 54.2. The monoisotopic (exact) mass is 615 g/mol. The molecule has 0 bridgehead atoms. The van der Waals surface area contributed by atoms with Crippen LogP contribution in [0.3, 0.4) is 0 Å². The summed E-state index contributed by atoms with van der Waals surface area (Å²) in [5, 5.41) is 18.1. The van der Waals surface area contributed by atoms with Crippen molar-refractivity contribution in [3.8, 4) is 22.3 Å². The van der Waals surface area contributed by atoms with E-state index in [2.05, 4.69) is 96.0 Å². The Morgan fingerprint density at radius 3 is 1.69 bits per heavy atom. The van der Waals surface area contributed by atoms with Gasteiger partial charge in [-0.15, -0.1) is 0 Å². The van der Waals surface area contributed by atoms with Gasteiger partial charge in [0.25, 0.3) is 0 Å². The molecule has 48 heavy (non-hydrogen) atoms. The number of nitrogens with one attached hydrogen (secondary N) is 1. The second kappa shape index (κ2) is 11.1. The Labute approximate surface area is 276 Å². The molecule has 0 aliphatic heterocycles. The first-order chi connectivity index (χ1) is 23.6. The van der Waals surface area contributed by atoms with Gasteiger partial charge in [-0.25, -0.2) is 4.99 Å². The summed E-state index contributed by atoms with van der Waals surface area (Å²) in [7, 11) is 0. The van der Waals surface area contributed by atoms with E-state index in [-0.39, 0.29) is 11.7 Å². The van der Waals surface area contributed by atoms with E-state index in [1.54, 1.807) is 0 Å². The molecule has 1 heterocycles. The normalized spacial score (nSPS) is 12.0. The molecule has 0 unspecified atom stereocenters. The van der Waals surface area contributed by atoms with E-state index in [0.29, 0.717) is 5.56 Å². The summed E-state index contributed by atoms with van der Waals surface area (Å²) in [5.74, 6) is 0.378. The molecule has 0 amide bonds. The van der Waals surface area contributed by atoms with Crippen LogP contribution >= 0.6 is 0 Å². The number of amidine groups is 2. The fourth-order valence-electron chi connectivity index (χ4n) is 7.00. The molecule has 0 aliphatic carbocycles. The van der Waals surface area contributed by atoms with Crippen LogP contribution in [0.2, 0.25) is 0 Å². The first-order valence-corrected chi connectivity index (χ1v) is 16.0. The Balaban J connectivity index is 1.13. The van der Waals surface area contributed by atoms with Crippen LogP contribution in [0.15, 0.2) is 167 Å². The third kappa shape index (κ3) is 4.54. The van der Waals surface area contributed by atoms with Crippen LogP contribution in [0.5, 0.6) is 0 Å². The number of aliphatic imine (C=N–C) groups is 1. The Kier molecular flexibility index (Phi) is 6.41. The summed E-state index contributed by atoms with van der Waals surface area (Å²) in [6.07, 6.45) is 0. The van der Waals surface area contributed by atoms with E-state index in [1.165, 1.54) is 32.3 Å². The van der Waals surface area contributed by atoms with E-state index < -0.39 is 0 Å². The minimum Gasteiger partial charge on any atom is -0.456 e. The van der Waals surface area contributed by atoms with Crippen molar-refractivity contribution in [1.82, 2.24) is 0 Å². The van der Waals surface area contributed by atoms with Crippen molar-refractivity contribution < 1.29 is 4.42 Å². The van der Waals surface area contributed by atoms with Crippen LogP contribution in [0.25, 0.3) is 76.5 Å². The summed E-state index contributed by atoms with van der Waals surface area (Å²) >= 11 is 0. The molecule has 226 valence electrons. The van der Waals surface area contributed by atoms with Gasteiger partial charge < -0.3 is 10.2 Å². The van der Waals surface area contributed by atoms with Gasteiger partial charge in [-0.05, 0) is 78.8 Å². The standard InChI is InChI=1S/C44H29N3O/c45-43(29-19-17-28(18-20-29)27-9-2-1-3-10-27)47-44(46)37-15-8-16-41-42(37)39-26-31(22-24-40(39)48-41)30-21-23-36-34-13-5-4-11-32(34)33-12-6-7-14-35(33)38(36)25-30/h1-26H,(H3,45,46,47). The number of rotatable bonds is 4. The molecule has 9 rings (SSSR count). The average Bonchev–Trinajstić information content (AvgIpc) is 3.53. The highest BCUT2D eigenvalue weighted by Crippen LogP contribution is 2.39. The maximum atomic E-state index is 8.75. The second-order valence-electron chi connectivity index (χ2n) is 12.1. The second-order valence-corrected chi connectivity index (χ2v) is 12.1. The lowest BCUT2D eigenvalue weighted by atomic mass is 9.92. The smallest absolute Gasteiger partial charge is 0.154 e. The van der Waals surface area contributed by atoms with E-state index in [4.69, 9.17) is 15.6 Å². The van der Waals surface area contributed by atoms with Gasteiger partial charge in [-0.2, -0.15) is 0 Å². The molecule has 0 fully saturated rings. The van der Waals surface area contributed by atoms with Crippen LogP contribution in [-0.2, 0) is 0 Å². The lowest BCUT2D eigenvalue weighted by Gasteiger charge is -2.12. The van der Waals surface area contributed by atoms with Gasteiger partial charge in [0.15, 0.2) is 5.84 Å². The first kappa shape index (κ1) is 27.8. The van der Waals surface area contributed by atoms with E-state index >= 15 is 0 Å². The van der Waals surface area contributed by atoms with Gasteiger partial charge >= 0.3 is 0 Å². The van der Waals surface area contributed by atoms with E-state index in [1.807, 2.05) is 66.7 Å². The Morgan fingerprint density at radius 2 is 1.00 bits per heavy atom. The van der Waals surface area contributed by atoms with Crippen molar-refractivity contribution in [3.05, 3.63) is 169 Å². The van der Waals surface area contributed by atoms with Gasteiger partial charge in [0, 0.05) is 21.9 Å². The minimum atomic E-state index is 0.105. The zero-order valence-electron chi connectivity index (χ0n) is 25.9. The lowest BCUT2D eigenvalue weighted by molar-refractivity contribution is 0.669. The highest BCUT2D eigenvalue weighted by Gasteiger charge is 2.16. The molecular formula is C44H29N3O. The van der Waals surface area contributed by atoms with E-state index in [9.17, 15) is 0 Å². The number of nitrogens with zero attached hydrogens (tertiary/aromatic N) is 1. The molecule has 1 aromatic heterocycles. The molecule has 0 saturated carbocycles. The molecule has 9 aromatic rings. The Hall–Kier alpha value is -6.52. The molecular weight excluding hydrogens is 587 g/mol. The molecule has 3 N–H and O–H groups in total. The van der Waals surface area contributed by atoms with Crippen LogP contribution in [0.4, 0.5) is 0 Å². The number of fused-ring (bicyclic) bond motifs is 9. The Morgan fingerprint density at radius 1 is 0.458 bits per heavy atom. The molecule has 0 saturated heterocycles. The fraction of sp³-hybridized carbons (Fsp3) is 0. The van der Waals surface area contributed by atoms with Crippen LogP contribution in [-0.4, -0.2) is 11.7 Å². The van der Waals surface area contributed by atoms with Crippen molar-refractivity contribution in [3.63, 3.8) is 0 Å². The van der Waals surface area contributed by atoms with E-state index in [0.717, 1.165) is 49.8 Å².